The van der Waals surface area contributed by atoms with Crippen LogP contribution in [0.15, 0.2) is 0 Å². The van der Waals surface area contributed by atoms with Gasteiger partial charge in [0.25, 0.3) is 0 Å². The molecular formula is C8H17NOS. The molecule has 0 unspecified atom stereocenters. The van der Waals surface area contributed by atoms with Crippen molar-refractivity contribution in [1.29, 1.82) is 0 Å². The average molecular weight is 175 g/mol. The highest BCUT2D eigenvalue weighted by molar-refractivity contribution is 7.99. The summed E-state index contributed by atoms with van der Waals surface area (Å²) in [6, 6.07) is 0. The molecule has 0 aromatic rings. The first kappa shape index (κ1) is 10.8. The molecule has 1 amide bonds. The van der Waals surface area contributed by atoms with Gasteiger partial charge in [0.1, 0.15) is 0 Å². The van der Waals surface area contributed by atoms with Crippen molar-refractivity contribution >= 4 is 17.7 Å². The van der Waals surface area contributed by atoms with Crippen LogP contribution in [-0.4, -0.2) is 17.5 Å². The van der Waals surface area contributed by atoms with E-state index in [1.165, 1.54) is 6.92 Å². The lowest BCUT2D eigenvalue weighted by molar-refractivity contribution is -0.118. The number of hydrogen-bond donors (Lipinski definition) is 1. The second kappa shape index (κ2) is 4.65. The predicted molar refractivity (Wildman–Crippen MR) is 50.6 cm³/mol. The fraction of sp³-hybridized carbons (Fsp3) is 0.875. The highest BCUT2D eigenvalue weighted by atomic mass is 32.2. The zero-order valence-corrected chi connectivity index (χ0v) is 8.55. The standard InChI is InChI=1S/C8H17NOS/c1-7(10)9-6-11-5-8(2,3)4/h5-6H2,1-4H3,(H,9,10). The number of rotatable bonds is 3. The van der Waals surface area contributed by atoms with Crippen LogP contribution in [0.5, 0.6) is 0 Å². The van der Waals surface area contributed by atoms with E-state index < -0.39 is 0 Å². The van der Waals surface area contributed by atoms with Crippen LogP contribution >= 0.6 is 11.8 Å². The van der Waals surface area contributed by atoms with Gasteiger partial charge in [-0.1, -0.05) is 20.8 Å². The molecule has 1 N–H and O–H groups in total. The lowest BCUT2D eigenvalue weighted by Gasteiger charge is -2.16. The average Bonchev–Trinajstić information content (AvgIpc) is 1.78. The van der Waals surface area contributed by atoms with Crippen LogP contribution in [0, 0.1) is 5.41 Å². The lowest BCUT2D eigenvalue weighted by atomic mass is 10.0. The predicted octanol–water partition coefficient (Wildman–Crippen LogP) is 1.86. The van der Waals surface area contributed by atoms with Gasteiger partial charge in [0.15, 0.2) is 0 Å². The van der Waals surface area contributed by atoms with Crippen LogP contribution in [0.1, 0.15) is 27.7 Å². The third-order valence-electron chi connectivity index (χ3n) is 0.958. The van der Waals surface area contributed by atoms with Gasteiger partial charge in [-0.3, -0.25) is 4.79 Å². The van der Waals surface area contributed by atoms with Gasteiger partial charge in [-0.05, 0) is 11.2 Å². The third kappa shape index (κ3) is 9.82. The molecule has 0 aliphatic carbocycles. The quantitative estimate of drug-likeness (QED) is 0.524. The Morgan fingerprint density at radius 1 is 1.45 bits per heavy atom. The third-order valence-corrected chi connectivity index (χ3v) is 2.38. The summed E-state index contributed by atoms with van der Waals surface area (Å²) in [4.78, 5) is 10.4. The van der Waals surface area contributed by atoms with Crippen LogP contribution in [0.4, 0.5) is 0 Å². The zero-order valence-electron chi connectivity index (χ0n) is 7.73. The van der Waals surface area contributed by atoms with Crippen molar-refractivity contribution in [2.75, 3.05) is 11.6 Å². The number of carbonyl (C=O) groups is 1. The molecule has 2 nitrogen and oxygen atoms in total. The molecule has 0 rings (SSSR count). The molecule has 0 spiro atoms. The first-order valence-corrected chi connectivity index (χ1v) is 4.89. The van der Waals surface area contributed by atoms with Gasteiger partial charge >= 0.3 is 0 Å². The molecule has 66 valence electrons. The first-order valence-electron chi connectivity index (χ1n) is 3.74. The van der Waals surface area contributed by atoms with Crippen molar-refractivity contribution in [2.24, 2.45) is 5.41 Å². The minimum Gasteiger partial charge on any atom is -0.347 e. The van der Waals surface area contributed by atoms with Crippen LogP contribution in [0.3, 0.4) is 0 Å². The molecule has 0 heterocycles. The number of amides is 1. The van der Waals surface area contributed by atoms with E-state index >= 15 is 0 Å². The van der Waals surface area contributed by atoms with Crippen LogP contribution < -0.4 is 5.32 Å². The van der Waals surface area contributed by atoms with Gasteiger partial charge in [-0.15, -0.1) is 11.8 Å². The highest BCUT2D eigenvalue weighted by Gasteiger charge is 2.09. The molecule has 0 aromatic carbocycles. The Kier molecular flexibility index (Phi) is 4.57. The molecule has 3 heteroatoms. The van der Waals surface area contributed by atoms with E-state index in [2.05, 4.69) is 26.1 Å². The van der Waals surface area contributed by atoms with E-state index in [1.807, 2.05) is 0 Å². The fourth-order valence-corrected chi connectivity index (χ4v) is 1.53. The molecule has 0 saturated carbocycles. The molecule has 0 radical (unpaired) electrons. The minimum atomic E-state index is 0.0476. The second-order valence-electron chi connectivity index (χ2n) is 3.79. The Morgan fingerprint density at radius 2 is 2.00 bits per heavy atom. The van der Waals surface area contributed by atoms with Crippen molar-refractivity contribution in [2.45, 2.75) is 27.7 Å². The number of hydrogen-bond acceptors (Lipinski definition) is 2. The van der Waals surface area contributed by atoms with Crippen molar-refractivity contribution in [3.8, 4) is 0 Å². The van der Waals surface area contributed by atoms with E-state index in [1.54, 1.807) is 11.8 Å². The van der Waals surface area contributed by atoms with Crippen molar-refractivity contribution in [3.63, 3.8) is 0 Å². The molecule has 0 atom stereocenters. The van der Waals surface area contributed by atoms with Crippen LogP contribution in [0.25, 0.3) is 0 Å². The van der Waals surface area contributed by atoms with Crippen LogP contribution in [0.2, 0.25) is 0 Å². The molecule has 11 heavy (non-hydrogen) atoms. The van der Waals surface area contributed by atoms with Crippen LogP contribution in [-0.2, 0) is 4.79 Å². The summed E-state index contributed by atoms with van der Waals surface area (Å²) in [5, 5.41) is 2.74. The maximum Gasteiger partial charge on any atom is 0.217 e. The summed E-state index contributed by atoms with van der Waals surface area (Å²) in [6.45, 7) is 8.10. The van der Waals surface area contributed by atoms with E-state index in [-0.39, 0.29) is 5.91 Å². The van der Waals surface area contributed by atoms with Crippen molar-refractivity contribution in [1.82, 2.24) is 5.32 Å². The maximum atomic E-state index is 10.4. The van der Waals surface area contributed by atoms with E-state index in [4.69, 9.17) is 0 Å². The molecule has 0 fully saturated rings. The highest BCUT2D eigenvalue weighted by Crippen LogP contribution is 2.19. The van der Waals surface area contributed by atoms with Gasteiger partial charge < -0.3 is 5.32 Å². The Balaban J connectivity index is 3.22. The van der Waals surface area contributed by atoms with Gasteiger partial charge in [0, 0.05) is 6.92 Å². The van der Waals surface area contributed by atoms with E-state index in [0.29, 0.717) is 5.41 Å². The molecule has 0 bridgehead atoms. The molecule has 0 aliphatic rings. The summed E-state index contributed by atoms with van der Waals surface area (Å²) < 4.78 is 0. The smallest absolute Gasteiger partial charge is 0.217 e. The maximum absolute atomic E-state index is 10.4. The Hall–Kier alpha value is -0.180. The number of thioether (sulfide) groups is 1. The minimum absolute atomic E-state index is 0.0476. The largest absolute Gasteiger partial charge is 0.347 e. The summed E-state index contributed by atoms with van der Waals surface area (Å²) in [5.41, 5.74) is 0.350. The topological polar surface area (TPSA) is 29.1 Å². The zero-order chi connectivity index (χ0) is 8.91. The first-order chi connectivity index (χ1) is 4.92. The summed E-state index contributed by atoms with van der Waals surface area (Å²) >= 11 is 1.76. The van der Waals surface area contributed by atoms with Crippen molar-refractivity contribution in [3.05, 3.63) is 0 Å². The molecule has 0 aliphatic heterocycles. The van der Waals surface area contributed by atoms with E-state index in [9.17, 15) is 4.79 Å². The van der Waals surface area contributed by atoms with E-state index in [0.717, 1.165) is 11.6 Å². The lowest BCUT2D eigenvalue weighted by Crippen LogP contribution is -2.20. The molecular weight excluding hydrogens is 158 g/mol. The monoisotopic (exact) mass is 175 g/mol. The van der Waals surface area contributed by atoms with Crippen molar-refractivity contribution < 1.29 is 4.79 Å². The van der Waals surface area contributed by atoms with Gasteiger partial charge in [-0.25, -0.2) is 0 Å². The SMILES string of the molecule is CC(=O)NCSCC(C)(C)C. The number of carbonyl (C=O) groups excluding carboxylic acids is 1. The summed E-state index contributed by atoms with van der Waals surface area (Å²) in [5.74, 6) is 1.85. The normalized spacial score (nSPS) is 11.3. The Labute approximate surface area is 73.1 Å². The fourth-order valence-electron chi connectivity index (χ4n) is 0.510. The Morgan fingerprint density at radius 3 is 2.36 bits per heavy atom. The summed E-state index contributed by atoms with van der Waals surface area (Å²) in [7, 11) is 0. The summed E-state index contributed by atoms with van der Waals surface area (Å²) in [6.07, 6.45) is 0. The van der Waals surface area contributed by atoms with Gasteiger partial charge in [0.2, 0.25) is 5.91 Å². The van der Waals surface area contributed by atoms with Gasteiger partial charge in [0.05, 0.1) is 5.88 Å². The molecule has 0 aromatic heterocycles. The Bertz CT molecular complexity index is 129. The second-order valence-corrected chi connectivity index (χ2v) is 4.77. The number of nitrogens with one attached hydrogen (secondary N) is 1. The van der Waals surface area contributed by atoms with Gasteiger partial charge in [-0.2, -0.15) is 0 Å². The molecule has 0 saturated heterocycles.